The zero-order valence-corrected chi connectivity index (χ0v) is 12.7. The predicted molar refractivity (Wildman–Crippen MR) is 76.3 cm³/mol. The maximum absolute atomic E-state index is 12.2. The Bertz CT molecular complexity index is 486. The van der Waals surface area contributed by atoms with E-state index in [0.29, 0.717) is 19.6 Å². The van der Waals surface area contributed by atoms with Crippen LogP contribution in [0.4, 0.5) is 0 Å². The molecule has 1 aromatic rings. The van der Waals surface area contributed by atoms with Crippen molar-refractivity contribution in [2.45, 2.75) is 13.5 Å². The molecule has 6 heteroatoms. The average Bonchev–Trinajstić information content (AvgIpc) is 3.07. The fourth-order valence-electron chi connectivity index (χ4n) is 2.69. The van der Waals surface area contributed by atoms with Gasteiger partial charge in [0.25, 0.3) is 0 Å². The summed E-state index contributed by atoms with van der Waals surface area (Å²) in [7, 11) is 3.15. The van der Waals surface area contributed by atoms with Crippen molar-refractivity contribution >= 4 is 11.9 Å². The van der Waals surface area contributed by atoms with Crippen LogP contribution in [0, 0.1) is 11.8 Å². The normalized spacial score (nSPS) is 22.2. The highest BCUT2D eigenvalue weighted by molar-refractivity contribution is 5.78. The lowest BCUT2D eigenvalue weighted by molar-refractivity contribution is -0.146. The second-order valence-electron chi connectivity index (χ2n) is 5.63. The van der Waals surface area contributed by atoms with Crippen LogP contribution in [-0.2, 0) is 20.9 Å². The van der Waals surface area contributed by atoms with Crippen LogP contribution in [0.1, 0.15) is 12.7 Å². The summed E-state index contributed by atoms with van der Waals surface area (Å²) in [6.07, 6.45) is 1.59. The minimum absolute atomic E-state index is 0.0177. The van der Waals surface area contributed by atoms with E-state index >= 15 is 0 Å². The van der Waals surface area contributed by atoms with Gasteiger partial charge in [-0.3, -0.25) is 14.5 Å². The standard InChI is InChI=1S/C15H22N2O4/c1-11-7-17(9-13(11)15(19)20-3)10-14(18)16(2)8-12-5-4-6-21-12/h4-6,11,13H,7-10H2,1-3H3. The van der Waals surface area contributed by atoms with Crippen LogP contribution >= 0.6 is 0 Å². The van der Waals surface area contributed by atoms with Gasteiger partial charge in [-0.25, -0.2) is 0 Å². The molecule has 116 valence electrons. The molecule has 1 aliphatic rings. The van der Waals surface area contributed by atoms with Gasteiger partial charge in [-0.1, -0.05) is 6.92 Å². The van der Waals surface area contributed by atoms with Crippen LogP contribution in [-0.4, -0.2) is 55.5 Å². The Balaban J connectivity index is 1.84. The third-order valence-electron chi connectivity index (χ3n) is 3.95. The third kappa shape index (κ3) is 3.85. The number of carbonyl (C=O) groups excluding carboxylic acids is 2. The van der Waals surface area contributed by atoms with Gasteiger partial charge in [-0.2, -0.15) is 0 Å². The Labute approximate surface area is 124 Å². The summed E-state index contributed by atoms with van der Waals surface area (Å²) in [4.78, 5) is 27.5. The van der Waals surface area contributed by atoms with Gasteiger partial charge in [0.1, 0.15) is 5.76 Å². The summed E-state index contributed by atoms with van der Waals surface area (Å²) in [6.45, 7) is 4.09. The summed E-state index contributed by atoms with van der Waals surface area (Å²) in [5.74, 6) is 0.650. The molecule has 1 saturated heterocycles. The van der Waals surface area contributed by atoms with Crippen molar-refractivity contribution in [3.05, 3.63) is 24.2 Å². The molecule has 1 amide bonds. The number of esters is 1. The minimum atomic E-state index is -0.193. The van der Waals surface area contributed by atoms with Crippen molar-refractivity contribution in [2.75, 3.05) is 33.8 Å². The lowest BCUT2D eigenvalue weighted by Gasteiger charge is -2.20. The van der Waals surface area contributed by atoms with Crippen LogP contribution in [0.5, 0.6) is 0 Å². The van der Waals surface area contributed by atoms with E-state index in [0.717, 1.165) is 12.3 Å². The van der Waals surface area contributed by atoms with E-state index in [-0.39, 0.29) is 23.7 Å². The molecule has 1 fully saturated rings. The van der Waals surface area contributed by atoms with Crippen molar-refractivity contribution in [3.63, 3.8) is 0 Å². The zero-order chi connectivity index (χ0) is 15.4. The lowest BCUT2D eigenvalue weighted by atomic mass is 9.99. The number of carbonyl (C=O) groups is 2. The lowest BCUT2D eigenvalue weighted by Crippen LogP contribution is -2.37. The maximum Gasteiger partial charge on any atom is 0.310 e. The first-order valence-corrected chi connectivity index (χ1v) is 7.07. The predicted octanol–water partition coefficient (Wildman–Crippen LogP) is 0.979. The van der Waals surface area contributed by atoms with E-state index in [1.807, 2.05) is 17.9 Å². The van der Waals surface area contributed by atoms with Crippen LogP contribution < -0.4 is 0 Å². The van der Waals surface area contributed by atoms with Gasteiger partial charge in [-0.15, -0.1) is 0 Å². The average molecular weight is 294 g/mol. The van der Waals surface area contributed by atoms with Gasteiger partial charge in [0.2, 0.25) is 5.91 Å². The number of amides is 1. The molecule has 6 nitrogen and oxygen atoms in total. The van der Waals surface area contributed by atoms with E-state index in [9.17, 15) is 9.59 Å². The first kappa shape index (κ1) is 15.6. The van der Waals surface area contributed by atoms with Gasteiger partial charge in [0, 0.05) is 20.1 Å². The molecule has 0 N–H and O–H groups in total. The number of likely N-dealkylation sites (tertiary alicyclic amines) is 1. The molecule has 0 saturated carbocycles. The quantitative estimate of drug-likeness (QED) is 0.758. The molecule has 0 radical (unpaired) electrons. The second-order valence-corrected chi connectivity index (χ2v) is 5.63. The van der Waals surface area contributed by atoms with Gasteiger partial charge in [0.15, 0.2) is 0 Å². The number of methoxy groups -OCH3 is 1. The molecule has 0 aromatic carbocycles. The summed E-state index contributed by atoms with van der Waals surface area (Å²) in [5, 5.41) is 0. The molecule has 0 aliphatic carbocycles. The Hall–Kier alpha value is -1.82. The molecule has 2 atom stereocenters. The first-order chi connectivity index (χ1) is 10.0. The number of hydrogen-bond donors (Lipinski definition) is 0. The molecule has 0 bridgehead atoms. The van der Waals surface area contributed by atoms with Crippen LogP contribution in [0.2, 0.25) is 0 Å². The Morgan fingerprint density at radius 2 is 2.24 bits per heavy atom. The number of nitrogens with zero attached hydrogens (tertiary/aromatic N) is 2. The summed E-state index contributed by atoms with van der Waals surface area (Å²) in [5.41, 5.74) is 0. The molecule has 2 heterocycles. The van der Waals surface area contributed by atoms with Crippen LogP contribution in [0.3, 0.4) is 0 Å². The summed E-state index contributed by atoms with van der Waals surface area (Å²) >= 11 is 0. The second kappa shape index (κ2) is 6.76. The highest BCUT2D eigenvalue weighted by Crippen LogP contribution is 2.23. The first-order valence-electron chi connectivity index (χ1n) is 7.07. The van der Waals surface area contributed by atoms with Crippen molar-refractivity contribution < 1.29 is 18.7 Å². The van der Waals surface area contributed by atoms with Crippen molar-refractivity contribution in [2.24, 2.45) is 11.8 Å². The maximum atomic E-state index is 12.2. The largest absolute Gasteiger partial charge is 0.469 e. The van der Waals surface area contributed by atoms with E-state index in [1.165, 1.54) is 7.11 Å². The molecule has 2 unspecified atom stereocenters. The SMILES string of the molecule is COC(=O)C1CN(CC(=O)N(C)Cc2ccco2)CC1C. The number of ether oxygens (including phenoxy) is 1. The summed E-state index contributed by atoms with van der Waals surface area (Å²) in [6, 6.07) is 3.64. The summed E-state index contributed by atoms with van der Waals surface area (Å²) < 4.78 is 10.0. The van der Waals surface area contributed by atoms with E-state index in [4.69, 9.17) is 9.15 Å². The van der Waals surface area contributed by atoms with Gasteiger partial charge >= 0.3 is 5.97 Å². The monoisotopic (exact) mass is 294 g/mol. The Morgan fingerprint density at radius 1 is 1.48 bits per heavy atom. The molecular formula is C15H22N2O4. The van der Waals surface area contributed by atoms with Crippen LogP contribution in [0.25, 0.3) is 0 Å². The topological polar surface area (TPSA) is 63.0 Å². The minimum Gasteiger partial charge on any atom is -0.469 e. The smallest absolute Gasteiger partial charge is 0.310 e. The third-order valence-corrected chi connectivity index (χ3v) is 3.95. The van der Waals surface area contributed by atoms with Gasteiger partial charge in [-0.05, 0) is 18.1 Å². The molecule has 1 aromatic heterocycles. The molecule has 2 rings (SSSR count). The Kier molecular flexibility index (Phi) is 5.01. The Morgan fingerprint density at radius 3 is 2.86 bits per heavy atom. The van der Waals surface area contributed by atoms with E-state index in [1.54, 1.807) is 24.3 Å². The molecular weight excluding hydrogens is 272 g/mol. The number of rotatable bonds is 5. The highest BCUT2D eigenvalue weighted by Gasteiger charge is 2.36. The van der Waals surface area contributed by atoms with E-state index < -0.39 is 0 Å². The van der Waals surface area contributed by atoms with Crippen molar-refractivity contribution in [1.82, 2.24) is 9.80 Å². The number of hydrogen-bond acceptors (Lipinski definition) is 5. The fourth-order valence-corrected chi connectivity index (χ4v) is 2.69. The highest BCUT2D eigenvalue weighted by atomic mass is 16.5. The zero-order valence-electron chi connectivity index (χ0n) is 12.7. The van der Waals surface area contributed by atoms with E-state index in [2.05, 4.69) is 0 Å². The number of furan rings is 1. The van der Waals surface area contributed by atoms with Crippen molar-refractivity contribution in [1.29, 1.82) is 0 Å². The fraction of sp³-hybridized carbons (Fsp3) is 0.600. The number of likely N-dealkylation sites (N-methyl/N-ethyl adjacent to an activating group) is 1. The van der Waals surface area contributed by atoms with Gasteiger partial charge in [0.05, 0.1) is 32.4 Å². The van der Waals surface area contributed by atoms with Crippen molar-refractivity contribution in [3.8, 4) is 0 Å². The molecule has 0 spiro atoms. The van der Waals surface area contributed by atoms with Crippen LogP contribution in [0.15, 0.2) is 22.8 Å². The van der Waals surface area contributed by atoms with Gasteiger partial charge < -0.3 is 14.1 Å². The molecule has 1 aliphatic heterocycles. The molecule has 21 heavy (non-hydrogen) atoms.